The number of piperidine rings is 1. The summed E-state index contributed by atoms with van der Waals surface area (Å²) in [5.74, 6) is 0.462. The quantitative estimate of drug-likeness (QED) is 0.674. The van der Waals surface area contributed by atoms with Gasteiger partial charge in [0.05, 0.1) is 22.8 Å². The molecule has 2 aliphatic rings. The number of carbonyl (C=O) groups excluding carboxylic acids is 1. The molecule has 1 aromatic carbocycles. The van der Waals surface area contributed by atoms with Gasteiger partial charge < -0.3 is 19.7 Å². The minimum atomic E-state index is -0.421. The molecule has 0 aliphatic carbocycles. The monoisotopic (exact) mass is 321 g/mol. The van der Waals surface area contributed by atoms with Crippen molar-refractivity contribution in [3.05, 3.63) is 22.2 Å². The highest BCUT2D eigenvalue weighted by Crippen LogP contribution is 2.40. The second-order valence-corrected chi connectivity index (χ2v) is 5.92. The third-order valence-electron chi connectivity index (χ3n) is 4.44. The van der Waals surface area contributed by atoms with E-state index in [1.165, 1.54) is 6.07 Å². The van der Waals surface area contributed by atoms with E-state index in [0.717, 1.165) is 6.42 Å². The highest BCUT2D eigenvalue weighted by molar-refractivity contribution is 5.97. The first-order chi connectivity index (χ1) is 11.0. The van der Waals surface area contributed by atoms with Gasteiger partial charge in [-0.15, -0.1) is 0 Å². The fourth-order valence-electron chi connectivity index (χ4n) is 3.06. The topological polar surface area (TPSA) is 93.9 Å². The highest BCUT2D eigenvalue weighted by Gasteiger charge is 2.32. The summed E-state index contributed by atoms with van der Waals surface area (Å²) in [5.41, 5.74) is 0.923. The number of rotatable bonds is 3. The summed E-state index contributed by atoms with van der Waals surface area (Å²) < 4.78 is 10.7. The molecule has 23 heavy (non-hydrogen) atoms. The van der Waals surface area contributed by atoms with Crippen LogP contribution in [0.4, 0.5) is 17.1 Å². The van der Waals surface area contributed by atoms with Crippen molar-refractivity contribution in [1.82, 2.24) is 0 Å². The normalized spacial score (nSPS) is 23.7. The molecule has 0 radical (unpaired) electrons. The van der Waals surface area contributed by atoms with Crippen LogP contribution < -0.4 is 15.0 Å². The Balaban J connectivity index is 1.98. The zero-order valence-corrected chi connectivity index (χ0v) is 13.1. The van der Waals surface area contributed by atoms with Crippen molar-refractivity contribution in [3.8, 4) is 5.75 Å². The molecule has 2 unspecified atom stereocenters. The lowest BCUT2D eigenvalue weighted by molar-refractivity contribution is -0.384. The average molecular weight is 321 g/mol. The van der Waals surface area contributed by atoms with E-state index in [1.807, 2.05) is 4.90 Å². The molecule has 3 rings (SSSR count). The predicted octanol–water partition coefficient (Wildman–Crippen LogP) is 1.79. The molecule has 0 saturated carbocycles. The molecule has 1 saturated heterocycles. The van der Waals surface area contributed by atoms with Crippen LogP contribution in [0.5, 0.6) is 5.75 Å². The summed E-state index contributed by atoms with van der Waals surface area (Å²) >= 11 is 0. The van der Waals surface area contributed by atoms with E-state index in [-0.39, 0.29) is 24.3 Å². The van der Waals surface area contributed by atoms with Gasteiger partial charge in [-0.05, 0) is 18.4 Å². The van der Waals surface area contributed by atoms with Gasteiger partial charge in [0.25, 0.3) is 11.6 Å². The van der Waals surface area contributed by atoms with Gasteiger partial charge in [0, 0.05) is 20.2 Å². The van der Waals surface area contributed by atoms with Gasteiger partial charge in [-0.2, -0.15) is 0 Å². The molecule has 0 aromatic heterocycles. The Bertz CT molecular complexity index is 648. The summed E-state index contributed by atoms with van der Waals surface area (Å²) in [6.07, 6.45) is 0.903. The first kappa shape index (κ1) is 15.5. The van der Waals surface area contributed by atoms with Crippen LogP contribution in [-0.4, -0.2) is 43.7 Å². The number of nitro benzene ring substituents is 1. The number of nitro groups is 1. The number of anilines is 2. The number of fused-ring (bicyclic) bond motifs is 1. The lowest BCUT2D eigenvalue weighted by Gasteiger charge is -2.37. The minimum absolute atomic E-state index is 0.0187. The van der Waals surface area contributed by atoms with Crippen LogP contribution in [0.15, 0.2) is 12.1 Å². The molecule has 2 heterocycles. The Morgan fingerprint density at radius 1 is 1.48 bits per heavy atom. The molecule has 2 aliphatic heterocycles. The van der Waals surface area contributed by atoms with Crippen LogP contribution in [0.25, 0.3) is 0 Å². The van der Waals surface area contributed by atoms with Crippen molar-refractivity contribution in [3.63, 3.8) is 0 Å². The lowest BCUT2D eigenvalue weighted by atomic mass is 9.95. The van der Waals surface area contributed by atoms with Gasteiger partial charge >= 0.3 is 0 Å². The zero-order valence-electron chi connectivity index (χ0n) is 13.1. The summed E-state index contributed by atoms with van der Waals surface area (Å²) in [5, 5.41) is 14.1. The summed E-state index contributed by atoms with van der Waals surface area (Å²) in [7, 11) is 1.65. The van der Waals surface area contributed by atoms with Crippen molar-refractivity contribution in [2.75, 3.05) is 37.0 Å². The smallest absolute Gasteiger partial charge is 0.296 e. The van der Waals surface area contributed by atoms with Gasteiger partial charge in [-0.1, -0.05) is 6.92 Å². The molecule has 8 heteroatoms. The van der Waals surface area contributed by atoms with Gasteiger partial charge in [-0.25, -0.2) is 0 Å². The predicted molar refractivity (Wildman–Crippen MR) is 84.0 cm³/mol. The Morgan fingerprint density at radius 3 is 2.96 bits per heavy atom. The summed E-state index contributed by atoms with van der Waals surface area (Å²) in [4.78, 5) is 24.4. The van der Waals surface area contributed by atoms with Crippen molar-refractivity contribution >= 4 is 23.0 Å². The van der Waals surface area contributed by atoms with Crippen LogP contribution in [0.1, 0.15) is 13.3 Å². The third kappa shape index (κ3) is 2.94. The van der Waals surface area contributed by atoms with Crippen molar-refractivity contribution in [2.24, 2.45) is 5.92 Å². The van der Waals surface area contributed by atoms with E-state index in [0.29, 0.717) is 36.1 Å². The average Bonchev–Trinajstić information content (AvgIpc) is 2.54. The van der Waals surface area contributed by atoms with Crippen LogP contribution in [0.3, 0.4) is 0 Å². The molecule has 124 valence electrons. The summed E-state index contributed by atoms with van der Waals surface area (Å²) in [6.45, 7) is 3.26. The number of nitrogens with zero attached hydrogens (tertiary/aromatic N) is 2. The molecule has 1 fully saturated rings. The number of amides is 1. The second-order valence-electron chi connectivity index (χ2n) is 5.92. The standard InChI is InChI=1S/C15H19N3O5/c1-9-3-4-17(7-14(9)22-2)11-5-10-13(6-12(11)18(20)21)23-8-15(19)16-10/h5-6,9,14H,3-4,7-8H2,1-2H3,(H,16,19). The second kappa shape index (κ2) is 6.04. The van der Waals surface area contributed by atoms with Crippen molar-refractivity contribution < 1.29 is 19.2 Å². The highest BCUT2D eigenvalue weighted by atomic mass is 16.6. The van der Waals surface area contributed by atoms with E-state index in [2.05, 4.69) is 12.2 Å². The van der Waals surface area contributed by atoms with Crippen LogP contribution in [0, 0.1) is 16.0 Å². The van der Waals surface area contributed by atoms with Crippen LogP contribution in [-0.2, 0) is 9.53 Å². The van der Waals surface area contributed by atoms with Crippen molar-refractivity contribution in [2.45, 2.75) is 19.4 Å². The fraction of sp³-hybridized carbons (Fsp3) is 0.533. The molecular formula is C15H19N3O5. The Morgan fingerprint density at radius 2 is 2.26 bits per heavy atom. The molecule has 0 bridgehead atoms. The van der Waals surface area contributed by atoms with E-state index >= 15 is 0 Å². The summed E-state index contributed by atoms with van der Waals surface area (Å²) in [6, 6.07) is 3.00. The molecule has 8 nitrogen and oxygen atoms in total. The first-order valence-corrected chi connectivity index (χ1v) is 7.52. The number of methoxy groups -OCH3 is 1. The maximum absolute atomic E-state index is 11.5. The van der Waals surface area contributed by atoms with E-state index in [4.69, 9.17) is 9.47 Å². The van der Waals surface area contributed by atoms with E-state index < -0.39 is 4.92 Å². The van der Waals surface area contributed by atoms with Crippen molar-refractivity contribution in [1.29, 1.82) is 0 Å². The maximum atomic E-state index is 11.5. The van der Waals surface area contributed by atoms with E-state index in [9.17, 15) is 14.9 Å². The van der Waals surface area contributed by atoms with E-state index in [1.54, 1.807) is 13.2 Å². The lowest BCUT2D eigenvalue weighted by Crippen LogP contribution is -2.44. The number of carbonyl (C=O) groups is 1. The number of hydrogen-bond acceptors (Lipinski definition) is 6. The molecule has 1 aromatic rings. The molecular weight excluding hydrogens is 302 g/mol. The Labute approximate surface area is 133 Å². The number of ether oxygens (including phenoxy) is 2. The van der Waals surface area contributed by atoms with Gasteiger partial charge in [0.15, 0.2) is 12.4 Å². The Hall–Kier alpha value is -2.35. The fourth-order valence-corrected chi connectivity index (χ4v) is 3.06. The molecule has 1 N–H and O–H groups in total. The van der Waals surface area contributed by atoms with Gasteiger partial charge in [0.2, 0.25) is 0 Å². The van der Waals surface area contributed by atoms with Gasteiger partial charge in [-0.3, -0.25) is 14.9 Å². The minimum Gasteiger partial charge on any atom is -0.481 e. The number of nitrogens with one attached hydrogen (secondary N) is 1. The SMILES string of the molecule is COC1CN(c2cc3c(cc2[N+](=O)[O-])OCC(=O)N3)CCC1C. The molecule has 1 amide bonds. The Kier molecular flexibility index (Phi) is 4.08. The number of hydrogen-bond donors (Lipinski definition) is 1. The zero-order chi connectivity index (χ0) is 16.6. The first-order valence-electron chi connectivity index (χ1n) is 7.52. The van der Waals surface area contributed by atoms with Gasteiger partial charge in [0.1, 0.15) is 5.69 Å². The maximum Gasteiger partial charge on any atom is 0.296 e. The molecule has 2 atom stereocenters. The third-order valence-corrected chi connectivity index (χ3v) is 4.44. The van der Waals surface area contributed by atoms with Crippen LogP contribution >= 0.6 is 0 Å². The largest absolute Gasteiger partial charge is 0.481 e. The molecule has 0 spiro atoms. The number of benzene rings is 1. The van der Waals surface area contributed by atoms with Crippen LogP contribution in [0.2, 0.25) is 0 Å².